The van der Waals surface area contributed by atoms with Gasteiger partial charge in [-0.3, -0.25) is 4.55 Å². The molecular formula is C16H8BrF4NO4S. The van der Waals surface area contributed by atoms with E-state index in [9.17, 15) is 26.0 Å². The lowest BCUT2D eigenvalue weighted by Gasteiger charge is -2.09. The Hall–Kier alpha value is -2.24. The molecule has 27 heavy (non-hydrogen) atoms. The van der Waals surface area contributed by atoms with Gasteiger partial charge in [0.15, 0.2) is 0 Å². The molecular weight excluding hydrogens is 458 g/mol. The lowest BCUT2D eigenvalue weighted by molar-refractivity contribution is -0.154. The van der Waals surface area contributed by atoms with Crippen LogP contribution in [0.2, 0.25) is 0 Å². The summed E-state index contributed by atoms with van der Waals surface area (Å²) in [5.74, 6) is -2.87. The molecule has 0 amide bonds. The molecule has 0 saturated heterocycles. The van der Waals surface area contributed by atoms with Crippen LogP contribution < -0.4 is 0 Å². The number of hydrogen-bond acceptors (Lipinski definition) is 4. The zero-order chi connectivity index (χ0) is 20.0. The molecule has 0 spiro atoms. The molecule has 11 heteroatoms. The quantitative estimate of drug-likeness (QED) is 0.426. The fourth-order valence-corrected chi connectivity index (χ4v) is 3.23. The van der Waals surface area contributed by atoms with E-state index in [1.54, 1.807) is 12.1 Å². The first-order valence-corrected chi connectivity index (χ1v) is 9.32. The van der Waals surface area contributed by atoms with E-state index in [4.69, 9.17) is 4.55 Å². The minimum Gasteiger partial charge on any atom is -0.350 e. The van der Waals surface area contributed by atoms with Crippen molar-refractivity contribution in [2.75, 3.05) is 0 Å². The van der Waals surface area contributed by atoms with E-state index in [1.807, 2.05) is 0 Å². The Morgan fingerprint density at radius 1 is 1.04 bits per heavy atom. The fourth-order valence-electron chi connectivity index (χ4n) is 2.42. The van der Waals surface area contributed by atoms with Gasteiger partial charge in [0.05, 0.1) is 5.56 Å². The summed E-state index contributed by atoms with van der Waals surface area (Å²) in [6, 6.07) is 8.26. The number of alkyl halides is 3. The molecule has 0 aliphatic heterocycles. The number of benzene rings is 2. The highest BCUT2D eigenvalue weighted by Crippen LogP contribution is 2.43. The summed E-state index contributed by atoms with van der Waals surface area (Å²) in [5, 5.41) is 3.46. The second-order valence-electron chi connectivity index (χ2n) is 5.36. The number of nitrogens with zero attached hydrogens (tertiary/aromatic N) is 1. The zero-order valence-electron chi connectivity index (χ0n) is 13.0. The van der Waals surface area contributed by atoms with Crippen LogP contribution in [0.4, 0.5) is 17.6 Å². The maximum absolute atomic E-state index is 14.1. The van der Waals surface area contributed by atoms with E-state index in [0.29, 0.717) is 16.6 Å². The third-order valence-corrected chi connectivity index (χ3v) is 4.98. The van der Waals surface area contributed by atoms with Gasteiger partial charge in [0.2, 0.25) is 5.76 Å². The minimum atomic E-state index is -4.92. The van der Waals surface area contributed by atoms with Crippen molar-refractivity contribution in [2.24, 2.45) is 0 Å². The van der Waals surface area contributed by atoms with Crippen molar-refractivity contribution in [2.45, 2.75) is 11.1 Å². The van der Waals surface area contributed by atoms with Crippen molar-refractivity contribution >= 4 is 26.0 Å². The van der Waals surface area contributed by atoms with E-state index in [0.717, 1.165) is 6.07 Å². The van der Waals surface area contributed by atoms with Gasteiger partial charge in [0.1, 0.15) is 16.4 Å². The highest BCUT2D eigenvalue weighted by Gasteiger charge is 2.41. The SMILES string of the molecule is O=S(=O)(O)c1ccc(-c2c(-c3ccc(Br)cc3)noc2C(F)(F)F)cc1F. The van der Waals surface area contributed by atoms with Crippen LogP contribution in [0.1, 0.15) is 5.76 Å². The summed E-state index contributed by atoms with van der Waals surface area (Å²) in [6.45, 7) is 0. The Labute approximate surface area is 158 Å². The molecule has 0 atom stereocenters. The molecule has 0 bridgehead atoms. The van der Waals surface area contributed by atoms with Gasteiger partial charge in [-0.1, -0.05) is 39.3 Å². The normalized spacial score (nSPS) is 12.4. The molecule has 0 aliphatic rings. The van der Waals surface area contributed by atoms with Crippen molar-refractivity contribution in [1.82, 2.24) is 5.16 Å². The molecule has 0 unspecified atom stereocenters. The van der Waals surface area contributed by atoms with Gasteiger partial charge in [-0.2, -0.15) is 21.6 Å². The largest absolute Gasteiger partial charge is 0.453 e. The Morgan fingerprint density at radius 2 is 1.63 bits per heavy atom. The standard InChI is InChI=1S/C16H8BrF4NO4S/c17-10-4-1-8(2-5-10)14-13(15(26-22-14)16(19,20)21)9-3-6-12(11(18)7-9)27(23,24)25/h1-7H,(H,23,24,25). The smallest absolute Gasteiger partial charge is 0.350 e. The van der Waals surface area contributed by atoms with Crippen molar-refractivity contribution in [3.05, 3.63) is 58.5 Å². The number of rotatable bonds is 3. The first kappa shape index (κ1) is 19.5. The summed E-state index contributed by atoms with van der Waals surface area (Å²) < 4.78 is 90.3. The van der Waals surface area contributed by atoms with Crippen LogP contribution in [-0.4, -0.2) is 18.1 Å². The van der Waals surface area contributed by atoms with Crippen LogP contribution in [0.25, 0.3) is 22.4 Å². The third-order valence-electron chi connectivity index (χ3n) is 3.57. The van der Waals surface area contributed by atoms with Crippen LogP contribution in [-0.2, 0) is 16.3 Å². The van der Waals surface area contributed by atoms with Crippen LogP contribution in [0.3, 0.4) is 0 Å². The third kappa shape index (κ3) is 3.89. The molecule has 0 aliphatic carbocycles. The Bertz CT molecular complexity index is 1110. The lowest BCUT2D eigenvalue weighted by Crippen LogP contribution is -2.06. The Morgan fingerprint density at radius 3 is 2.15 bits per heavy atom. The lowest BCUT2D eigenvalue weighted by atomic mass is 9.99. The highest BCUT2D eigenvalue weighted by molar-refractivity contribution is 9.10. The second-order valence-corrected chi connectivity index (χ2v) is 7.67. The molecule has 1 N–H and O–H groups in total. The molecule has 1 heterocycles. The molecule has 2 aromatic carbocycles. The average molecular weight is 466 g/mol. The van der Waals surface area contributed by atoms with E-state index >= 15 is 0 Å². The summed E-state index contributed by atoms with van der Waals surface area (Å²) in [4.78, 5) is -1.05. The molecule has 3 rings (SSSR count). The summed E-state index contributed by atoms with van der Waals surface area (Å²) in [5.41, 5.74) is -0.794. The van der Waals surface area contributed by atoms with E-state index in [2.05, 4.69) is 25.6 Å². The highest BCUT2D eigenvalue weighted by atomic mass is 79.9. The van der Waals surface area contributed by atoms with Gasteiger partial charge >= 0.3 is 6.18 Å². The molecule has 0 radical (unpaired) electrons. The van der Waals surface area contributed by atoms with Crippen molar-refractivity contribution in [3.63, 3.8) is 0 Å². The molecule has 0 fully saturated rings. The fraction of sp³-hybridized carbons (Fsp3) is 0.0625. The van der Waals surface area contributed by atoms with E-state index in [1.165, 1.54) is 12.1 Å². The predicted molar refractivity (Wildman–Crippen MR) is 89.8 cm³/mol. The van der Waals surface area contributed by atoms with E-state index in [-0.39, 0.29) is 16.8 Å². The minimum absolute atomic E-state index is 0.200. The van der Waals surface area contributed by atoms with Crippen LogP contribution in [0, 0.1) is 5.82 Å². The van der Waals surface area contributed by atoms with Gasteiger partial charge in [-0.05, 0) is 29.8 Å². The van der Waals surface area contributed by atoms with E-state index < -0.39 is 38.3 Å². The van der Waals surface area contributed by atoms with Gasteiger partial charge in [0.25, 0.3) is 10.1 Å². The molecule has 0 saturated carbocycles. The van der Waals surface area contributed by atoms with Crippen molar-refractivity contribution in [3.8, 4) is 22.4 Å². The first-order valence-electron chi connectivity index (χ1n) is 7.08. The van der Waals surface area contributed by atoms with Gasteiger partial charge < -0.3 is 4.52 Å². The maximum atomic E-state index is 14.1. The van der Waals surface area contributed by atoms with Gasteiger partial charge in [-0.25, -0.2) is 4.39 Å². The van der Waals surface area contributed by atoms with Crippen LogP contribution in [0.5, 0.6) is 0 Å². The average Bonchev–Trinajstić information content (AvgIpc) is 2.99. The van der Waals surface area contributed by atoms with Crippen LogP contribution in [0.15, 0.2) is 56.4 Å². The molecule has 3 aromatic rings. The topological polar surface area (TPSA) is 80.4 Å². The molecule has 1 aromatic heterocycles. The molecule has 142 valence electrons. The first-order chi connectivity index (χ1) is 12.5. The Kier molecular flexibility index (Phi) is 4.87. The summed E-state index contributed by atoms with van der Waals surface area (Å²) >= 11 is 3.20. The van der Waals surface area contributed by atoms with Crippen LogP contribution >= 0.6 is 15.9 Å². The number of halogens is 5. The maximum Gasteiger partial charge on any atom is 0.453 e. The zero-order valence-corrected chi connectivity index (χ0v) is 15.4. The Balaban J connectivity index is 2.26. The van der Waals surface area contributed by atoms with Crippen molar-refractivity contribution in [1.29, 1.82) is 0 Å². The summed E-state index contributed by atoms with van der Waals surface area (Å²) in [6.07, 6.45) is -4.92. The second kappa shape index (κ2) is 6.73. The number of aromatic nitrogens is 1. The monoisotopic (exact) mass is 465 g/mol. The van der Waals surface area contributed by atoms with Gasteiger partial charge in [0, 0.05) is 10.0 Å². The van der Waals surface area contributed by atoms with Crippen molar-refractivity contribution < 1.29 is 35.1 Å². The molecule has 5 nitrogen and oxygen atoms in total. The number of hydrogen-bond donors (Lipinski definition) is 1. The predicted octanol–water partition coefficient (Wildman–Crippen LogP) is 5.18. The van der Waals surface area contributed by atoms with Gasteiger partial charge in [-0.15, -0.1) is 0 Å². The summed E-state index contributed by atoms with van der Waals surface area (Å²) in [7, 11) is -4.87.